The van der Waals surface area contributed by atoms with Gasteiger partial charge in [-0.2, -0.15) is 13.2 Å². The van der Waals surface area contributed by atoms with Crippen LogP contribution in [0.25, 0.3) is 5.69 Å². The van der Waals surface area contributed by atoms with Crippen LogP contribution in [0.5, 0.6) is 5.75 Å². The van der Waals surface area contributed by atoms with Gasteiger partial charge >= 0.3 is 6.18 Å². The van der Waals surface area contributed by atoms with Gasteiger partial charge in [-0.3, -0.25) is 14.2 Å². The van der Waals surface area contributed by atoms with Crippen molar-refractivity contribution in [2.24, 2.45) is 0 Å². The first-order chi connectivity index (χ1) is 20.5. The second-order valence-electron chi connectivity index (χ2n) is 9.15. The Labute approximate surface area is 253 Å². The molecule has 14 heteroatoms. The van der Waals surface area contributed by atoms with Gasteiger partial charge in [0.05, 0.1) is 35.2 Å². The molecular formula is C29H26ClF4N5O3S. The lowest BCUT2D eigenvalue weighted by atomic mass is 10.2. The first-order valence-electron chi connectivity index (χ1n) is 13.1. The lowest BCUT2D eigenvalue weighted by Gasteiger charge is -2.13. The Balaban J connectivity index is 1.45. The number of halogens is 5. The summed E-state index contributed by atoms with van der Waals surface area (Å²) in [4.78, 5) is 25.4. The van der Waals surface area contributed by atoms with E-state index in [1.54, 1.807) is 28.8 Å². The molecule has 0 aliphatic heterocycles. The van der Waals surface area contributed by atoms with Crippen LogP contribution in [0.2, 0.25) is 5.02 Å². The van der Waals surface area contributed by atoms with Crippen LogP contribution in [0.4, 0.5) is 23.2 Å². The third-order valence-electron chi connectivity index (χ3n) is 5.98. The summed E-state index contributed by atoms with van der Waals surface area (Å²) < 4.78 is 60.1. The van der Waals surface area contributed by atoms with Gasteiger partial charge in [-0.25, -0.2) is 4.39 Å². The summed E-state index contributed by atoms with van der Waals surface area (Å²) >= 11 is 6.92. The average molecular weight is 636 g/mol. The van der Waals surface area contributed by atoms with E-state index in [2.05, 4.69) is 27.8 Å². The molecule has 226 valence electrons. The van der Waals surface area contributed by atoms with E-state index in [1.807, 2.05) is 0 Å². The van der Waals surface area contributed by atoms with E-state index in [4.69, 9.17) is 16.3 Å². The maximum Gasteiger partial charge on any atom is 0.416 e. The van der Waals surface area contributed by atoms with Gasteiger partial charge in [-0.1, -0.05) is 36.7 Å². The predicted octanol–water partition coefficient (Wildman–Crippen LogP) is 6.92. The number of alkyl halides is 3. The highest BCUT2D eigenvalue weighted by molar-refractivity contribution is 7.99. The van der Waals surface area contributed by atoms with Crippen LogP contribution in [0.3, 0.4) is 0 Å². The molecule has 0 radical (unpaired) electrons. The molecule has 0 fully saturated rings. The monoisotopic (exact) mass is 635 g/mol. The van der Waals surface area contributed by atoms with Crippen molar-refractivity contribution in [1.82, 2.24) is 20.1 Å². The van der Waals surface area contributed by atoms with Crippen LogP contribution >= 0.6 is 23.4 Å². The number of anilines is 1. The normalized spacial score (nSPS) is 11.3. The van der Waals surface area contributed by atoms with Crippen molar-refractivity contribution in [3.05, 3.63) is 94.5 Å². The Hall–Kier alpha value is -4.10. The molecule has 0 bridgehead atoms. The first-order valence-corrected chi connectivity index (χ1v) is 14.4. The highest BCUT2D eigenvalue weighted by Gasteiger charge is 2.31. The number of carbonyl (C=O) groups excluding carboxylic acids is 2. The van der Waals surface area contributed by atoms with Gasteiger partial charge in [0.1, 0.15) is 11.6 Å². The van der Waals surface area contributed by atoms with Crippen LogP contribution in [0, 0.1) is 5.82 Å². The summed E-state index contributed by atoms with van der Waals surface area (Å²) in [6.45, 7) is 2.60. The van der Waals surface area contributed by atoms with Gasteiger partial charge in [0, 0.05) is 11.3 Å². The van der Waals surface area contributed by atoms with Gasteiger partial charge in [0.2, 0.25) is 5.91 Å². The van der Waals surface area contributed by atoms with E-state index in [-0.39, 0.29) is 34.1 Å². The Morgan fingerprint density at radius 3 is 2.42 bits per heavy atom. The fourth-order valence-corrected chi connectivity index (χ4v) is 4.71. The number of nitrogens with one attached hydrogen (secondary N) is 2. The number of aromatic nitrogens is 3. The third-order valence-corrected chi connectivity index (χ3v) is 7.23. The van der Waals surface area contributed by atoms with E-state index in [9.17, 15) is 27.2 Å². The zero-order valence-corrected chi connectivity index (χ0v) is 24.3. The molecule has 0 aliphatic rings. The molecule has 0 saturated heterocycles. The third kappa shape index (κ3) is 8.71. The van der Waals surface area contributed by atoms with Gasteiger partial charge < -0.3 is 15.4 Å². The Morgan fingerprint density at radius 2 is 1.74 bits per heavy atom. The Morgan fingerprint density at radius 1 is 1.02 bits per heavy atom. The molecule has 0 aliphatic carbocycles. The highest BCUT2D eigenvalue weighted by Crippen LogP contribution is 2.34. The number of amides is 2. The summed E-state index contributed by atoms with van der Waals surface area (Å²) in [6, 6.07) is 14.7. The molecular weight excluding hydrogens is 610 g/mol. The summed E-state index contributed by atoms with van der Waals surface area (Å²) in [7, 11) is 0. The van der Waals surface area contributed by atoms with Crippen LogP contribution in [-0.2, 0) is 17.5 Å². The van der Waals surface area contributed by atoms with E-state index >= 15 is 0 Å². The summed E-state index contributed by atoms with van der Waals surface area (Å²) in [5, 5.41) is 13.6. The number of rotatable bonds is 12. The summed E-state index contributed by atoms with van der Waals surface area (Å²) in [6.07, 6.45) is -2.68. The van der Waals surface area contributed by atoms with Gasteiger partial charge in [0.25, 0.3) is 5.91 Å². The fraction of sp³-hybridized carbons (Fsp3) is 0.241. The highest BCUT2D eigenvalue weighted by atomic mass is 35.5. The van der Waals surface area contributed by atoms with Crippen molar-refractivity contribution in [2.45, 2.75) is 37.6 Å². The minimum atomic E-state index is -4.61. The van der Waals surface area contributed by atoms with E-state index in [1.165, 1.54) is 24.3 Å². The standard InChI is InChI=1S/C29H26ClF4N5O3S/c1-2-3-14-42-22-11-4-18(5-12-22)27(41)35-16-25-37-38-28(39(25)21-9-7-20(31)8-10-21)43-17-26(40)36-24-15-19(29(32,33)34)6-13-23(24)30/h4-13,15H,2-3,14,16-17H2,1H3,(H,35,41)(H,36,40). The van der Waals surface area contributed by atoms with Crippen LogP contribution in [0.1, 0.15) is 41.5 Å². The predicted molar refractivity (Wildman–Crippen MR) is 155 cm³/mol. The van der Waals surface area contributed by atoms with Crippen LogP contribution in [0.15, 0.2) is 71.9 Å². The average Bonchev–Trinajstić information content (AvgIpc) is 3.39. The largest absolute Gasteiger partial charge is 0.494 e. The van der Waals surface area contributed by atoms with Crippen molar-refractivity contribution in [3.63, 3.8) is 0 Å². The minimum Gasteiger partial charge on any atom is -0.494 e. The van der Waals surface area contributed by atoms with E-state index < -0.39 is 23.5 Å². The molecule has 1 heterocycles. The minimum absolute atomic E-state index is 0.0510. The number of carbonyl (C=O) groups is 2. The summed E-state index contributed by atoms with van der Waals surface area (Å²) in [5.41, 5.74) is -0.284. The quantitative estimate of drug-likeness (QED) is 0.0997. The van der Waals surface area contributed by atoms with Crippen molar-refractivity contribution < 1.29 is 31.9 Å². The molecule has 2 amide bonds. The van der Waals surface area contributed by atoms with Gasteiger partial charge in [-0.05, 0) is 73.2 Å². The maximum atomic E-state index is 13.6. The van der Waals surface area contributed by atoms with Crippen molar-refractivity contribution in [1.29, 1.82) is 0 Å². The number of unbranched alkanes of at least 4 members (excludes halogenated alkanes) is 1. The second kappa shape index (κ2) is 14.4. The topological polar surface area (TPSA) is 98.1 Å². The van der Waals surface area contributed by atoms with Crippen LogP contribution < -0.4 is 15.4 Å². The lowest BCUT2D eigenvalue weighted by molar-refractivity contribution is -0.137. The first kappa shape index (κ1) is 31.8. The molecule has 43 heavy (non-hydrogen) atoms. The number of nitrogens with zero attached hydrogens (tertiary/aromatic N) is 3. The molecule has 4 rings (SSSR count). The number of hydrogen-bond donors (Lipinski definition) is 2. The number of ether oxygens (including phenoxy) is 1. The fourth-order valence-electron chi connectivity index (χ4n) is 3.77. The number of thioether (sulfide) groups is 1. The molecule has 4 aromatic rings. The molecule has 0 saturated carbocycles. The number of hydrogen-bond acceptors (Lipinski definition) is 6. The van der Waals surface area contributed by atoms with Gasteiger partial charge in [-0.15, -0.1) is 10.2 Å². The zero-order valence-electron chi connectivity index (χ0n) is 22.8. The molecule has 2 N–H and O–H groups in total. The van der Waals surface area contributed by atoms with Crippen LogP contribution in [-0.4, -0.2) is 38.9 Å². The molecule has 1 aromatic heterocycles. The second-order valence-corrected chi connectivity index (χ2v) is 10.5. The maximum absolute atomic E-state index is 13.6. The molecule has 0 spiro atoms. The smallest absolute Gasteiger partial charge is 0.416 e. The summed E-state index contributed by atoms with van der Waals surface area (Å²) in [5.74, 6) is -0.798. The SMILES string of the molecule is CCCCOc1ccc(C(=O)NCc2nnc(SCC(=O)Nc3cc(C(F)(F)F)ccc3Cl)n2-c2ccc(F)cc2)cc1. The number of benzene rings is 3. The Bertz CT molecular complexity index is 1560. The molecule has 3 aromatic carbocycles. The molecule has 8 nitrogen and oxygen atoms in total. The van der Waals surface area contributed by atoms with Crippen molar-refractivity contribution >= 4 is 40.9 Å². The van der Waals surface area contributed by atoms with Crippen molar-refractivity contribution in [2.75, 3.05) is 17.7 Å². The Kier molecular flexibility index (Phi) is 10.6. The lowest BCUT2D eigenvalue weighted by Crippen LogP contribution is -2.24. The molecule has 0 atom stereocenters. The zero-order chi connectivity index (χ0) is 31.0. The van der Waals surface area contributed by atoms with E-state index in [0.29, 0.717) is 29.4 Å². The van der Waals surface area contributed by atoms with Gasteiger partial charge in [0.15, 0.2) is 11.0 Å². The van der Waals surface area contributed by atoms with E-state index in [0.717, 1.165) is 42.8 Å². The molecule has 0 unspecified atom stereocenters. The van der Waals surface area contributed by atoms with Crippen molar-refractivity contribution in [3.8, 4) is 11.4 Å².